The van der Waals surface area contributed by atoms with Crippen LogP contribution < -0.4 is 15.0 Å². The fourth-order valence-corrected chi connectivity index (χ4v) is 5.18. The van der Waals surface area contributed by atoms with E-state index in [0.29, 0.717) is 13.1 Å². The van der Waals surface area contributed by atoms with Gasteiger partial charge in [0.05, 0.1) is 35.5 Å². The van der Waals surface area contributed by atoms with Crippen molar-refractivity contribution in [1.29, 1.82) is 0 Å². The molecule has 2 aromatic carbocycles. The number of anilines is 1. The average molecular weight is 499 g/mol. The highest BCUT2D eigenvalue weighted by Crippen LogP contribution is 2.32. The number of aromatic nitrogens is 4. The molecule has 5 rings (SSSR count). The van der Waals surface area contributed by atoms with Gasteiger partial charge in [0.15, 0.2) is 5.82 Å². The summed E-state index contributed by atoms with van der Waals surface area (Å²) in [6.45, 7) is 8.21. The van der Waals surface area contributed by atoms with E-state index >= 15 is 0 Å². The lowest BCUT2D eigenvalue weighted by Crippen LogP contribution is -2.44. The van der Waals surface area contributed by atoms with E-state index in [9.17, 15) is 4.79 Å². The zero-order chi connectivity index (χ0) is 25.9. The van der Waals surface area contributed by atoms with Crippen molar-refractivity contribution < 1.29 is 9.53 Å². The summed E-state index contributed by atoms with van der Waals surface area (Å²) in [6.07, 6.45) is 1.78. The maximum atomic E-state index is 13.1. The van der Waals surface area contributed by atoms with Crippen molar-refractivity contribution in [2.75, 3.05) is 31.6 Å². The van der Waals surface area contributed by atoms with Crippen LogP contribution >= 0.6 is 0 Å². The summed E-state index contributed by atoms with van der Waals surface area (Å²) in [5, 5.41) is 18.2. The van der Waals surface area contributed by atoms with Crippen molar-refractivity contribution in [2.24, 2.45) is 5.92 Å². The van der Waals surface area contributed by atoms with Crippen LogP contribution in [0.25, 0.3) is 16.6 Å². The van der Waals surface area contributed by atoms with Crippen LogP contribution in [0, 0.1) is 19.8 Å². The molecule has 0 radical (unpaired) electrons. The molecule has 3 heterocycles. The third kappa shape index (κ3) is 5.01. The summed E-state index contributed by atoms with van der Waals surface area (Å²) in [7, 11) is 1.66. The van der Waals surface area contributed by atoms with Crippen molar-refractivity contribution in [3.05, 3.63) is 71.5 Å². The summed E-state index contributed by atoms with van der Waals surface area (Å²) >= 11 is 0. The number of rotatable bonds is 7. The lowest BCUT2D eigenvalue weighted by atomic mass is 9.96. The van der Waals surface area contributed by atoms with Gasteiger partial charge >= 0.3 is 0 Å². The number of carbonyl (C=O) groups is 1. The Hall–Kier alpha value is -3.94. The number of ether oxygens (including phenoxy) is 1. The highest BCUT2D eigenvalue weighted by Gasteiger charge is 2.29. The standard InChI is InChI=1S/C29H34N6O2/c1-19(22-9-6-5-7-10-22)17-30-29(36)23-11-8-16-34(18-23)28-27-26(20(2)31-32-28)21(3)35(33-27)24-12-14-25(37-4)15-13-24/h5-7,9-10,12-15,19,23H,8,11,16-18H2,1-4H3,(H,30,36). The van der Waals surface area contributed by atoms with Crippen LogP contribution in [-0.4, -0.2) is 52.6 Å². The first-order valence-electron chi connectivity index (χ1n) is 12.9. The molecule has 37 heavy (non-hydrogen) atoms. The molecule has 2 atom stereocenters. The smallest absolute Gasteiger partial charge is 0.224 e. The van der Waals surface area contributed by atoms with Crippen LogP contribution in [0.5, 0.6) is 5.75 Å². The van der Waals surface area contributed by atoms with Gasteiger partial charge in [-0.05, 0) is 62.4 Å². The molecule has 0 aliphatic carbocycles. The quantitative estimate of drug-likeness (QED) is 0.402. The van der Waals surface area contributed by atoms with Gasteiger partial charge in [-0.15, -0.1) is 5.10 Å². The third-order valence-corrected chi connectivity index (χ3v) is 7.34. The second-order valence-corrected chi connectivity index (χ2v) is 9.87. The number of methoxy groups -OCH3 is 1. The van der Waals surface area contributed by atoms with Crippen molar-refractivity contribution in [3.8, 4) is 11.4 Å². The van der Waals surface area contributed by atoms with Gasteiger partial charge in [0, 0.05) is 19.6 Å². The van der Waals surface area contributed by atoms with Gasteiger partial charge < -0.3 is 15.0 Å². The van der Waals surface area contributed by atoms with Gasteiger partial charge in [0.2, 0.25) is 5.91 Å². The summed E-state index contributed by atoms with van der Waals surface area (Å²) in [6, 6.07) is 18.1. The Labute approximate surface area is 217 Å². The Morgan fingerprint density at radius 3 is 2.59 bits per heavy atom. The molecule has 0 bridgehead atoms. The number of fused-ring (bicyclic) bond motifs is 1. The molecule has 1 saturated heterocycles. The minimum Gasteiger partial charge on any atom is -0.497 e. The minimum absolute atomic E-state index is 0.0975. The van der Waals surface area contributed by atoms with Crippen LogP contribution in [0.2, 0.25) is 0 Å². The van der Waals surface area contributed by atoms with Crippen LogP contribution in [-0.2, 0) is 4.79 Å². The number of aryl methyl sites for hydroxylation is 2. The monoisotopic (exact) mass is 498 g/mol. The maximum Gasteiger partial charge on any atom is 0.224 e. The predicted octanol–water partition coefficient (Wildman–Crippen LogP) is 4.58. The second-order valence-electron chi connectivity index (χ2n) is 9.87. The first-order chi connectivity index (χ1) is 18.0. The largest absolute Gasteiger partial charge is 0.497 e. The number of carbonyl (C=O) groups excluding carboxylic acids is 1. The Morgan fingerprint density at radius 1 is 1.11 bits per heavy atom. The molecular weight excluding hydrogens is 464 g/mol. The predicted molar refractivity (Wildman–Crippen MR) is 145 cm³/mol. The van der Waals surface area contributed by atoms with Crippen LogP contribution in [0.1, 0.15) is 42.6 Å². The molecule has 8 nitrogen and oxygen atoms in total. The van der Waals surface area contributed by atoms with E-state index in [2.05, 4.69) is 46.4 Å². The van der Waals surface area contributed by atoms with Crippen molar-refractivity contribution in [1.82, 2.24) is 25.3 Å². The first-order valence-corrected chi connectivity index (χ1v) is 12.9. The van der Waals surface area contributed by atoms with Gasteiger partial charge in [-0.1, -0.05) is 37.3 Å². The van der Waals surface area contributed by atoms with Gasteiger partial charge in [-0.25, -0.2) is 4.68 Å². The van der Waals surface area contributed by atoms with E-state index in [1.54, 1.807) is 7.11 Å². The van der Waals surface area contributed by atoms with Crippen molar-refractivity contribution >= 4 is 22.6 Å². The number of hydrogen-bond acceptors (Lipinski definition) is 6. The van der Waals surface area contributed by atoms with Gasteiger partial charge in [0.25, 0.3) is 0 Å². The van der Waals surface area contributed by atoms with E-state index in [1.165, 1.54) is 5.56 Å². The second kappa shape index (κ2) is 10.6. The molecule has 0 saturated carbocycles. The van der Waals surface area contributed by atoms with Crippen LogP contribution in [0.4, 0.5) is 5.82 Å². The molecule has 4 aromatic rings. The van der Waals surface area contributed by atoms with E-state index in [4.69, 9.17) is 9.84 Å². The van der Waals surface area contributed by atoms with Crippen LogP contribution in [0.3, 0.4) is 0 Å². The highest BCUT2D eigenvalue weighted by molar-refractivity contribution is 5.92. The molecule has 1 aliphatic heterocycles. The summed E-state index contributed by atoms with van der Waals surface area (Å²) < 4.78 is 7.24. The third-order valence-electron chi connectivity index (χ3n) is 7.34. The number of nitrogens with zero attached hydrogens (tertiary/aromatic N) is 5. The number of nitrogens with one attached hydrogen (secondary N) is 1. The Morgan fingerprint density at radius 2 is 1.86 bits per heavy atom. The molecule has 1 N–H and O–H groups in total. The molecule has 1 amide bonds. The Kier molecular flexibility index (Phi) is 7.08. The summed E-state index contributed by atoms with van der Waals surface area (Å²) in [5.41, 5.74) is 4.85. The molecule has 1 fully saturated rings. The fourth-order valence-electron chi connectivity index (χ4n) is 5.18. The van der Waals surface area contributed by atoms with Crippen LogP contribution in [0.15, 0.2) is 54.6 Å². The lowest BCUT2D eigenvalue weighted by molar-refractivity contribution is -0.125. The van der Waals surface area contributed by atoms with Gasteiger partial charge in [-0.3, -0.25) is 4.79 Å². The summed E-state index contributed by atoms with van der Waals surface area (Å²) in [5.74, 6) is 1.81. The van der Waals surface area contributed by atoms with E-state index < -0.39 is 0 Å². The fraction of sp³-hybridized carbons (Fsp3) is 0.379. The minimum atomic E-state index is -0.0975. The van der Waals surface area contributed by atoms with E-state index in [0.717, 1.165) is 58.9 Å². The Balaban J connectivity index is 1.36. The number of benzene rings is 2. The molecular formula is C29H34N6O2. The summed E-state index contributed by atoms with van der Waals surface area (Å²) in [4.78, 5) is 15.3. The normalized spacial score (nSPS) is 16.5. The molecule has 2 unspecified atom stereocenters. The maximum absolute atomic E-state index is 13.1. The zero-order valence-corrected chi connectivity index (χ0v) is 21.9. The molecule has 2 aromatic heterocycles. The first kappa shape index (κ1) is 24.7. The van der Waals surface area contributed by atoms with E-state index in [1.807, 2.05) is 54.1 Å². The van der Waals surface area contributed by atoms with Crippen molar-refractivity contribution in [2.45, 2.75) is 39.5 Å². The molecule has 8 heteroatoms. The zero-order valence-electron chi connectivity index (χ0n) is 21.9. The van der Waals surface area contributed by atoms with Gasteiger partial charge in [0.1, 0.15) is 11.3 Å². The molecule has 0 spiro atoms. The number of hydrogen-bond donors (Lipinski definition) is 1. The number of amides is 1. The number of piperidine rings is 1. The molecule has 1 aliphatic rings. The molecule has 192 valence electrons. The Bertz CT molecular complexity index is 1380. The van der Waals surface area contributed by atoms with E-state index in [-0.39, 0.29) is 17.7 Å². The van der Waals surface area contributed by atoms with Gasteiger partial charge in [-0.2, -0.15) is 10.2 Å². The highest BCUT2D eigenvalue weighted by atomic mass is 16.5. The topological polar surface area (TPSA) is 85.2 Å². The SMILES string of the molecule is COc1ccc(-n2nc3c(N4CCCC(C(=O)NCC(C)c5ccccc5)C4)nnc(C)c3c2C)cc1. The lowest BCUT2D eigenvalue weighted by Gasteiger charge is -2.32. The van der Waals surface area contributed by atoms with Crippen molar-refractivity contribution in [3.63, 3.8) is 0 Å². The average Bonchev–Trinajstić information content (AvgIpc) is 3.30.